The van der Waals surface area contributed by atoms with Crippen molar-refractivity contribution in [2.45, 2.75) is 154 Å². The number of carbonyl (C=O) groups excluding carboxylic acids is 1. The smallest absolute Gasteiger partial charge is 0.336 e. The maximum Gasteiger partial charge on any atom is 0.336 e. The Bertz CT molecular complexity index is 1110. The summed E-state index contributed by atoms with van der Waals surface area (Å²) in [4.78, 5) is 38.5. The number of ether oxygens (including phenoxy) is 2. The summed E-state index contributed by atoms with van der Waals surface area (Å²) in [5.74, 6) is -5.39. The number of aliphatic hydroxyl groups excluding tert-OH is 6. The van der Waals surface area contributed by atoms with E-state index in [0.29, 0.717) is 0 Å². The average molecular weight is 666 g/mol. The molecule has 0 saturated carbocycles. The van der Waals surface area contributed by atoms with E-state index in [1.807, 2.05) is 27.7 Å². The second-order valence-electron chi connectivity index (χ2n) is 14.5. The number of hydrogen-bond acceptors (Lipinski definition) is 11. The van der Waals surface area contributed by atoms with Gasteiger partial charge in [0.05, 0.1) is 36.6 Å². The van der Waals surface area contributed by atoms with Gasteiger partial charge in [-0.3, -0.25) is 4.79 Å². The lowest BCUT2D eigenvalue weighted by Crippen LogP contribution is -2.68. The van der Waals surface area contributed by atoms with Crippen LogP contribution in [-0.2, 0) is 23.9 Å². The molecule has 0 aromatic carbocycles. The first-order valence-electron chi connectivity index (χ1n) is 17.2. The molecule has 2 heterocycles. The molecule has 1 amide bonds. The zero-order chi connectivity index (χ0) is 37.1. The highest BCUT2D eigenvalue weighted by molar-refractivity contribution is 5.79. The van der Waals surface area contributed by atoms with Crippen molar-refractivity contribution in [3.05, 3.63) is 0 Å². The number of nitrogens with one attached hydrogen (secondary N) is 1. The normalized spacial score (nSPS) is 36.7. The molecule has 14 nitrogen and oxygen atoms in total. The zero-order valence-corrected chi connectivity index (χ0v) is 27.9. The fraction of sp³-hybridized carbons (Fsp3) is 0.906. The predicted molar refractivity (Wildman–Crippen MR) is 164 cm³/mol. The summed E-state index contributed by atoms with van der Waals surface area (Å²) >= 11 is 0. The van der Waals surface area contributed by atoms with Crippen molar-refractivity contribution in [3.63, 3.8) is 0 Å². The molecule has 46 heavy (non-hydrogen) atoms. The van der Waals surface area contributed by atoms with Crippen LogP contribution in [0.5, 0.6) is 0 Å². The highest BCUT2D eigenvalue weighted by Gasteiger charge is 2.61. The van der Waals surface area contributed by atoms with Gasteiger partial charge in [0.2, 0.25) is 5.91 Å². The van der Waals surface area contributed by atoms with Gasteiger partial charge in [-0.15, -0.1) is 0 Å². The maximum absolute atomic E-state index is 13.3. The molecule has 0 radical (unpaired) electrons. The van der Waals surface area contributed by atoms with Gasteiger partial charge in [-0.25, -0.2) is 9.59 Å². The van der Waals surface area contributed by atoms with Gasteiger partial charge in [-0.05, 0) is 49.8 Å². The largest absolute Gasteiger partial charge is 0.479 e. The number of carboxylic acids is 2. The van der Waals surface area contributed by atoms with E-state index in [1.54, 1.807) is 6.92 Å². The Morgan fingerprint density at radius 3 is 1.65 bits per heavy atom. The molecular formula is C32H57NO13. The van der Waals surface area contributed by atoms with E-state index in [4.69, 9.17) is 12.2 Å². The second kappa shape index (κ2) is 15.1. The van der Waals surface area contributed by atoms with Gasteiger partial charge in [0.15, 0.2) is 11.2 Å². The van der Waals surface area contributed by atoms with Crippen LogP contribution < -0.4 is 5.32 Å². The molecular weight excluding hydrogens is 606 g/mol. The van der Waals surface area contributed by atoms with Gasteiger partial charge < -0.3 is 55.6 Å². The summed E-state index contributed by atoms with van der Waals surface area (Å²) in [6.07, 6.45) is -15.0. The van der Waals surface area contributed by atoms with Crippen molar-refractivity contribution in [2.24, 2.45) is 29.1 Å². The van der Waals surface area contributed by atoms with Crippen molar-refractivity contribution < 1.29 is 67.5 Å². The van der Waals surface area contributed by atoms with E-state index in [9.17, 15) is 55.2 Å². The second-order valence-corrected chi connectivity index (χ2v) is 14.5. The van der Waals surface area contributed by atoms with Gasteiger partial charge in [0, 0.05) is 28.4 Å². The van der Waals surface area contributed by atoms with Crippen molar-refractivity contribution in [1.29, 1.82) is 0 Å². The first-order valence-corrected chi connectivity index (χ1v) is 15.8. The van der Waals surface area contributed by atoms with Crippen LogP contribution in [0.4, 0.5) is 0 Å². The first-order chi connectivity index (χ1) is 22.0. The highest BCUT2D eigenvalue weighted by atomic mass is 16.6. The number of carboxylic acid groups (broad SMARTS) is 2. The molecule has 2 aliphatic rings. The van der Waals surface area contributed by atoms with Gasteiger partial charge in [-0.2, -0.15) is 0 Å². The number of aliphatic carboxylic acids is 2. The van der Waals surface area contributed by atoms with E-state index in [2.05, 4.69) is 5.32 Å². The third kappa shape index (κ3) is 8.38. The fourth-order valence-electron chi connectivity index (χ4n) is 8.37. The van der Waals surface area contributed by atoms with E-state index < -0.39 is 141 Å². The average Bonchev–Trinajstić information content (AvgIpc) is 2.97. The van der Waals surface area contributed by atoms with Crippen LogP contribution in [0.3, 0.4) is 0 Å². The van der Waals surface area contributed by atoms with Crippen LogP contribution in [0.1, 0.15) is 90.7 Å². The summed E-state index contributed by atoms with van der Waals surface area (Å²) in [5.41, 5.74) is -5.89. The van der Waals surface area contributed by atoms with E-state index in [0.717, 1.165) is 6.92 Å². The lowest BCUT2D eigenvalue weighted by atomic mass is 9.56. The fourth-order valence-corrected chi connectivity index (χ4v) is 8.37. The van der Waals surface area contributed by atoms with Gasteiger partial charge >= 0.3 is 11.9 Å². The lowest BCUT2D eigenvalue weighted by Gasteiger charge is -2.55. The molecule has 9 N–H and O–H groups in total. The topological polar surface area (TPSA) is 244 Å². The number of aliphatic hydroxyl groups is 6. The summed E-state index contributed by atoms with van der Waals surface area (Å²) in [6, 6.07) is -1.36. The van der Waals surface area contributed by atoms with Crippen LogP contribution in [0.2, 0.25) is 0 Å². The Morgan fingerprint density at radius 2 is 1.26 bits per heavy atom. The Morgan fingerprint density at radius 1 is 0.848 bits per heavy atom. The van der Waals surface area contributed by atoms with Crippen LogP contribution in [0.15, 0.2) is 0 Å². The lowest BCUT2D eigenvalue weighted by molar-refractivity contribution is -0.256. The summed E-state index contributed by atoms with van der Waals surface area (Å²) in [7, 11) is 0. The highest BCUT2D eigenvalue weighted by Crippen LogP contribution is 2.54. The molecule has 0 spiro atoms. The quantitative estimate of drug-likeness (QED) is 0.121. The number of amides is 1. The molecule has 2 rings (SSSR count). The third-order valence-corrected chi connectivity index (χ3v) is 9.93. The van der Waals surface area contributed by atoms with Crippen molar-refractivity contribution in [1.82, 2.24) is 5.32 Å². The minimum atomic E-state index is -2.32. The first kappa shape index (κ1) is 36.9. The molecule has 0 bridgehead atoms. The molecule has 14 heteroatoms. The van der Waals surface area contributed by atoms with Crippen molar-refractivity contribution in [2.75, 3.05) is 0 Å². The Labute approximate surface area is 273 Å². The molecule has 2 aliphatic heterocycles. The van der Waals surface area contributed by atoms with Crippen LogP contribution in [0, 0.1) is 29.1 Å². The maximum atomic E-state index is 13.3. The standard InChI is InChI=1S/C32H57NO13/c1-14(2)22(15(3)4)30(9,12-31(28(41)42)10-20(37)16(5)26(45-31)24(39)17(6)34)13-32(29(43)44)11-21(38)23(33-19(8)36)27(46-32)25(40)18(7)35/h14-18,20-27,34-35,37-40H,10-13H2,1-9H3,(H,33,36)(H,41,42)(H,43,44)/i6D,7D. The molecule has 2 saturated heterocycles. The van der Waals surface area contributed by atoms with Gasteiger partial charge in [0.1, 0.15) is 18.3 Å². The molecule has 0 aliphatic carbocycles. The Balaban J connectivity index is 2.80. The van der Waals surface area contributed by atoms with Crippen LogP contribution in [-0.4, -0.2) is 125 Å². The van der Waals surface area contributed by atoms with Gasteiger partial charge in [-0.1, -0.05) is 41.5 Å². The third-order valence-electron chi connectivity index (χ3n) is 9.93. The minimum absolute atomic E-state index is 0.196. The number of rotatable bonds is 14. The summed E-state index contributed by atoms with van der Waals surface area (Å²) < 4.78 is 27.3. The molecule has 13 atom stereocenters. The summed E-state index contributed by atoms with van der Waals surface area (Å²) in [5, 5.41) is 88.9. The van der Waals surface area contributed by atoms with E-state index in [1.165, 1.54) is 6.92 Å². The Kier molecular flexibility index (Phi) is 12.1. The molecule has 2 fully saturated rings. The number of hydrogen-bond donors (Lipinski definition) is 9. The molecule has 0 aromatic rings. The predicted octanol–water partition coefficient (Wildman–Crippen LogP) is 0.272. The van der Waals surface area contributed by atoms with Crippen molar-refractivity contribution in [3.8, 4) is 0 Å². The minimum Gasteiger partial charge on any atom is -0.479 e. The molecule has 268 valence electrons. The zero-order valence-electron chi connectivity index (χ0n) is 29.9. The SMILES string of the molecule is [2H]CC(O)C(O)C1OC(CC(C)(CC2(C(=O)O)CC(O)C(NC(C)=O)C(C(O)C(O)C[2H])O2)C(C(C)C)C(C)C)(C(=O)O)CC(O)C1C. The number of carbonyl (C=O) groups is 3. The molecule has 0 aromatic heterocycles. The van der Waals surface area contributed by atoms with E-state index in [-0.39, 0.29) is 11.8 Å². The molecule has 13 unspecified atom stereocenters. The monoisotopic (exact) mass is 665 g/mol. The van der Waals surface area contributed by atoms with Crippen LogP contribution in [0.25, 0.3) is 0 Å². The van der Waals surface area contributed by atoms with E-state index >= 15 is 0 Å². The summed E-state index contributed by atoms with van der Waals surface area (Å²) in [6.45, 7) is 10.5. The van der Waals surface area contributed by atoms with Crippen molar-refractivity contribution >= 4 is 17.8 Å². The Hall–Kier alpha value is -1.91. The van der Waals surface area contributed by atoms with Gasteiger partial charge in [0.25, 0.3) is 0 Å². The van der Waals surface area contributed by atoms with Crippen LogP contribution >= 0.6 is 0 Å².